The number of hydrogen-bond acceptors (Lipinski definition) is 2. The summed E-state index contributed by atoms with van der Waals surface area (Å²) in [5.74, 6) is 0. The molecular weight excluding hydrogens is 1290 g/mol. The zero-order valence-corrected chi connectivity index (χ0v) is 61.7. The zero-order chi connectivity index (χ0) is 70.3. The van der Waals surface area contributed by atoms with Gasteiger partial charge in [0.15, 0.2) is 16.1 Å². The Kier molecular flexibility index (Phi) is 15.8. The summed E-state index contributed by atoms with van der Waals surface area (Å²) in [5, 5.41) is 13.2. The van der Waals surface area contributed by atoms with Crippen LogP contribution in [-0.2, 0) is 10.8 Å². The number of hydrogen-bond donors (Lipinski definition) is 0. The molecule has 0 aliphatic carbocycles. The number of anilines is 6. The predicted molar refractivity (Wildman–Crippen MR) is 450 cm³/mol. The van der Waals surface area contributed by atoms with Gasteiger partial charge in [0.05, 0.1) is 16.7 Å². The van der Waals surface area contributed by atoms with Crippen molar-refractivity contribution in [3.8, 4) is 27.9 Å². The molecule has 0 amide bonds. The van der Waals surface area contributed by atoms with Crippen molar-refractivity contribution in [1.82, 2.24) is 4.57 Å². The van der Waals surface area contributed by atoms with E-state index in [1.54, 1.807) is 0 Å². The highest BCUT2D eigenvalue weighted by Crippen LogP contribution is 2.48. The molecule has 0 radical (unpaired) electrons. The Balaban J connectivity index is 0.981. The van der Waals surface area contributed by atoms with Crippen molar-refractivity contribution in [2.45, 2.75) is 52.4 Å². The lowest BCUT2D eigenvalue weighted by atomic mass is 9.33. The van der Waals surface area contributed by atoms with Gasteiger partial charge in [0.1, 0.15) is 0 Å². The van der Waals surface area contributed by atoms with E-state index in [9.17, 15) is 0 Å². The molecule has 0 unspecified atom stereocenters. The van der Waals surface area contributed by atoms with E-state index in [1.807, 2.05) is 0 Å². The monoisotopic (exact) mass is 1370 g/mol. The van der Waals surface area contributed by atoms with Crippen LogP contribution in [0.2, 0.25) is 0 Å². The van der Waals surface area contributed by atoms with Crippen LogP contribution in [0.1, 0.15) is 52.7 Å². The van der Waals surface area contributed by atoms with Gasteiger partial charge in [-0.05, 0) is 175 Å². The molecule has 0 fully saturated rings. The summed E-state index contributed by atoms with van der Waals surface area (Å²) in [6, 6.07) is 144. The second-order valence-corrected chi connectivity index (χ2v) is 38.0. The van der Waals surface area contributed by atoms with E-state index in [2.05, 4.69) is 432 Å². The summed E-state index contributed by atoms with van der Waals surface area (Å²) in [5.41, 5.74) is 21.1. The minimum Gasteiger partial charge on any atom is -0.311 e. The molecule has 18 rings (SSSR count). The fourth-order valence-electron chi connectivity index (χ4n) is 17.4. The highest BCUT2D eigenvalue weighted by molar-refractivity contribution is 7.20. The topological polar surface area (TPSA) is 11.4 Å². The molecule has 104 heavy (non-hydrogen) atoms. The zero-order valence-electron chi connectivity index (χ0n) is 59.7. The van der Waals surface area contributed by atoms with Gasteiger partial charge in [-0.2, -0.15) is 0 Å². The molecule has 0 bridgehead atoms. The summed E-state index contributed by atoms with van der Waals surface area (Å²) in [4.78, 5) is 5.28. The fourth-order valence-corrected chi connectivity index (χ4v) is 26.9. The van der Waals surface area contributed by atoms with Crippen LogP contribution in [0, 0.1) is 0 Å². The number of fused-ring (bicyclic) bond motifs is 7. The Hall–Kier alpha value is -11.8. The highest BCUT2D eigenvalue weighted by Gasteiger charge is 2.48. The van der Waals surface area contributed by atoms with Gasteiger partial charge < -0.3 is 14.4 Å². The number of aromatic nitrogens is 1. The molecule has 2 aliphatic rings. The molecule has 0 saturated carbocycles. The van der Waals surface area contributed by atoms with Gasteiger partial charge in [0.2, 0.25) is 0 Å². The molecule has 2 aliphatic heterocycles. The summed E-state index contributed by atoms with van der Waals surface area (Å²) >= 11 is 0. The Morgan fingerprint density at radius 2 is 0.615 bits per heavy atom. The van der Waals surface area contributed by atoms with Crippen LogP contribution in [0.3, 0.4) is 0 Å². The van der Waals surface area contributed by atoms with Crippen molar-refractivity contribution >= 4 is 137 Å². The molecule has 16 aromatic rings. The van der Waals surface area contributed by atoms with Crippen molar-refractivity contribution in [2.75, 3.05) is 9.80 Å². The maximum absolute atomic E-state index is 3.11. The third-order valence-electron chi connectivity index (χ3n) is 22.4. The maximum Gasteiger partial charge on any atom is 0.252 e. The van der Waals surface area contributed by atoms with Gasteiger partial charge in [0.25, 0.3) is 6.71 Å². The lowest BCUT2D eigenvalue weighted by Crippen LogP contribution is -2.75. The molecule has 3 heterocycles. The first-order valence-electron chi connectivity index (χ1n) is 36.7. The van der Waals surface area contributed by atoms with Crippen molar-refractivity contribution in [2.24, 2.45) is 0 Å². The van der Waals surface area contributed by atoms with E-state index in [4.69, 9.17) is 0 Å². The van der Waals surface area contributed by atoms with E-state index in [0.29, 0.717) is 0 Å². The van der Waals surface area contributed by atoms with E-state index < -0.39 is 16.1 Å². The lowest BCUT2D eigenvalue weighted by Gasteiger charge is -2.45. The van der Waals surface area contributed by atoms with Gasteiger partial charge in [0, 0.05) is 44.9 Å². The average molecular weight is 1370 g/mol. The largest absolute Gasteiger partial charge is 0.311 e. The van der Waals surface area contributed by atoms with E-state index in [-0.39, 0.29) is 17.5 Å². The average Bonchev–Trinajstić information content (AvgIpc) is 0.885. The molecule has 0 N–H and O–H groups in total. The van der Waals surface area contributed by atoms with E-state index in [1.165, 1.54) is 102 Å². The normalized spacial score (nSPS) is 12.8. The van der Waals surface area contributed by atoms with Crippen LogP contribution in [0.15, 0.2) is 376 Å². The van der Waals surface area contributed by atoms with Crippen LogP contribution in [0.5, 0.6) is 0 Å². The van der Waals surface area contributed by atoms with Crippen LogP contribution in [0.25, 0.3) is 49.7 Å². The number of benzene rings is 15. The Bertz CT molecular complexity index is 5590. The van der Waals surface area contributed by atoms with Crippen molar-refractivity contribution in [1.29, 1.82) is 0 Å². The van der Waals surface area contributed by atoms with Gasteiger partial charge in [-0.1, -0.05) is 345 Å². The quantitative estimate of drug-likeness (QED) is 0.0842. The smallest absolute Gasteiger partial charge is 0.252 e. The van der Waals surface area contributed by atoms with Crippen LogP contribution >= 0.6 is 0 Å². The van der Waals surface area contributed by atoms with Crippen LogP contribution < -0.4 is 67.7 Å². The summed E-state index contributed by atoms with van der Waals surface area (Å²) in [7, 11) is -6.06. The third-order valence-corrected chi connectivity index (χ3v) is 31.9. The second-order valence-electron chi connectivity index (χ2n) is 30.4. The Labute approximate surface area is 614 Å². The van der Waals surface area contributed by atoms with Crippen molar-refractivity contribution in [3.63, 3.8) is 0 Å². The molecule has 15 aromatic carbocycles. The van der Waals surface area contributed by atoms with Gasteiger partial charge in [-0.3, -0.25) is 0 Å². The predicted octanol–water partition coefficient (Wildman–Crippen LogP) is 17.6. The van der Waals surface area contributed by atoms with Crippen LogP contribution in [-0.4, -0.2) is 27.4 Å². The Morgan fingerprint density at radius 1 is 0.240 bits per heavy atom. The van der Waals surface area contributed by atoms with Gasteiger partial charge >= 0.3 is 0 Å². The molecule has 1 aromatic heterocycles. The lowest BCUT2D eigenvalue weighted by molar-refractivity contribution is 0.590. The molecule has 0 saturated heterocycles. The molecule has 0 atom stereocenters. The van der Waals surface area contributed by atoms with E-state index in [0.717, 1.165) is 50.9 Å². The maximum atomic E-state index is 2.67. The Morgan fingerprint density at radius 3 is 1.05 bits per heavy atom. The number of nitrogens with zero attached hydrogens (tertiary/aromatic N) is 3. The molecule has 3 nitrogen and oxygen atoms in total. The van der Waals surface area contributed by atoms with Crippen molar-refractivity contribution < 1.29 is 0 Å². The highest BCUT2D eigenvalue weighted by atomic mass is 28.3. The second kappa shape index (κ2) is 25.6. The molecule has 498 valence electrons. The third kappa shape index (κ3) is 10.6. The first kappa shape index (κ1) is 64.3. The summed E-state index contributed by atoms with van der Waals surface area (Å²) in [6.07, 6.45) is 0. The van der Waals surface area contributed by atoms with Gasteiger partial charge in [-0.15, -0.1) is 0 Å². The van der Waals surface area contributed by atoms with Gasteiger partial charge in [-0.25, -0.2) is 0 Å². The summed E-state index contributed by atoms with van der Waals surface area (Å²) in [6.45, 7) is 13.8. The first-order valence-corrected chi connectivity index (χ1v) is 40.7. The standard InChI is InChI=1S/C98H80BN3Si2/c1-97(2,3)73-51-59-90-86(64-73)87-65-74(98(4,5)6)52-60-91(87)102(90)77-66-94-96-95(67-77)101(76-37-31-36-71(62-76)69-32-15-7-16-33-69)92-61-57-85(104(81-44-25-12-26-45-81,82-46-27-13-28-47-82)83-48-29-14-30-49-83)68-89(92)99(96)88-58-50-72(70-34-17-8-18-35-70)63-93(88)100(94)75-53-55-84(56-54-75)103(78-38-19-9-20-39-78,79-40-21-10-22-41-79)80-42-23-11-24-43-80/h7-68H,1-6H3. The fraction of sp³-hybridized carbons (Fsp3) is 0.0816. The summed E-state index contributed by atoms with van der Waals surface area (Å²) < 4.78 is 2.59. The minimum absolute atomic E-state index is 0.0732. The van der Waals surface area contributed by atoms with Crippen LogP contribution in [0.4, 0.5) is 34.1 Å². The van der Waals surface area contributed by atoms with Crippen molar-refractivity contribution in [3.05, 3.63) is 387 Å². The molecular formula is C98H80BN3Si2. The minimum atomic E-state index is -3.11. The molecule has 6 heteroatoms. The molecule has 0 spiro atoms. The van der Waals surface area contributed by atoms with E-state index >= 15 is 0 Å². The first-order chi connectivity index (χ1) is 50.8. The number of rotatable bonds is 13. The SMILES string of the molecule is CC(C)(C)c1ccc2c(c1)c1cc(C(C)(C)C)ccc1n2-c1cc2c3c(c1)N(c1ccc([Si](c4ccccc4)(c4ccccc4)c4ccccc4)cc1)c1cc(-c4ccccc4)ccc1B3c1cc([Si](c3ccccc3)(c3ccccc3)c3ccccc3)ccc1N2c1cccc(-c2ccccc2)c1.